The number of carboxylic acid groups (broad SMARTS) is 1. The lowest BCUT2D eigenvalue weighted by Crippen LogP contribution is -2.25. The summed E-state index contributed by atoms with van der Waals surface area (Å²) in [5, 5.41) is 9.04. The Kier molecular flexibility index (Phi) is 3.09. The number of ether oxygens (including phenoxy) is 1. The molecule has 0 spiro atoms. The van der Waals surface area contributed by atoms with Crippen molar-refractivity contribution in [3.8, 4) is 11.4 Å². The predicted molar refractivity (Wildman–Crippen MR) is 63.3 cm³/mol. The molecule has 0 aliphatic heterocycles. The van der Waals surface area contributed by atoms with Crippen LogP contribution in [0.3, 0.4) is 0 Å². The summed E-state index contributed by atoms with van der Waals surface area (Å²) in [7, 11) is 1.32. The molecule has 0 atom stereocenters. The zero-order valence-corrected chi connectivity index (χ0v) is 9.53. The quantitative estimate of drug-likeness (QED) is 0.871. The minimum Gasteiger partial charge on any atom is -0.496 e. The number of pyridine rings is 2. The number of aromatic carboxylic acids is 1. The van der Waals surface area contributed by atoms with E-state index < -0.39 is 17.1 Å². The highest BCUT2D eigenvalue weighted by Crippen LogP contribution is 2.15. The van der Waals surface area contributed by atoms with Crippen LogP contribution in [0.1, 0.15) is 10.4 Å². The zero-order valence-electron chi connectivity index (χ0n) is 9.53. The van der Waals surface area contributed by atoms with Crippen molar-refractivity contribution >= 4 is 5.97 Å². The smallest absolute Gasteiger partial charge is 0.345 e. The highest BCUT2D eigenvalue weighted by molar-refractivity contribution is 5.90. The average molecular weight is 246 g/mol. The largest absolute Gasteiger partial charge is 0.496 e. The summed E-state index contributed by atoms with van der Waals surface area (Å²) in [5.41, 5.74) is -0.495. The molecule has 0 radical (unpaired) electrons. The van der Waals surface area contributed by atoms with E-state index >= 15 is 0 Å². The maximum Gasteiger partial charge on any atom is 0.345 e. The fourth-order valence-corrected chi connectivity index (χ4v) is 1.59. The average Bonchev–Trinajstić information content (AvgIpc) is 2.38. The summed E-state index contributed by atoms with van der Waals surface area (Å²) in [5.74, 6) is -1.28. The van der Waals surface area contributed by atoms with Crippen molar-refractivity contribution in [1.29, 1.82) is 0 Å². The summed E-state index contributed by atoms with van der Waals surface area (Å²) in [6.45, 7) is 0. The highest BCUT2D eigenvalue weighted by Gasteiger charge is 2.18. The Morgan fingerprint density at radius 3 is 2.56 bits per heavy atom. The number of hydrogen-bond donors (Lipinski definition) is 1. The Morgan fingerprint density at radius 2 is 2.00 bits per heavy atom. The van der Waals surface area contributed by atoms with E-state index in [2.05, 4.69) is 4.98 Å². The Bertz CT molecular complexity index is 634. The second kappa shape index (κ2) is 4.70. The van der Waals surface area contributed by atoms with Crippen LogP contribution >= 0.6 is 0 Å². The van der Waals surface area contributed by atoms with Crippen LogP contribution in [0.25, 0.3) is 5.69 Å². The molecule has 0 fully saturated rings. The highest BCUT2D eigenvalue weighted by atomic mass is 16.5. The normalized spacial score (nSPS) is 10.1. The van der Waals surface area contributed by atoms with E-state index in [4.69, 9.17) is 9.84 Å². The van der Waals surface area contributed by atoms with Crippen molar-refractivity contribution in [3.63, 3.8) is 0 Å². The summed E-state index contributed by atoms with van der Waals surface area (Å²) in [6, 6.07) is 4.66. The molecule has 2 rings (SSSR count). The van der Waals surface area contributed by atoms with Crippen molar-refractivity contribution < 1.29 is 14.6 Å². The molecule has 1 N–H and O–H groups in total. The van der Waals surface area contributed by atoms with Gasteiger partial charge in [-0.2, -0.15) is 0 Å². The van der Waals surface area contributed by atoms with Gasteiger partial charge in [-0.05, 0) is 18.2 Å². The fraction of sp³-hybridized carbons (Fsp3) is 0.0833. The van der Waals surface area contributed by atoms with Gasteiger partial charge in [0.05, 0.1) is 12.8 Å². The molecule has 0 saturated carbocycles. The van der Waals surface area contributed by atoms with Crippen molar-refractivity contribution in [3.05, 3.63) is 52.7 Å². The number of aromatic nitrogens is 2. The minimum atomic E-state index is -1.32. The van der Waals surface area contributed by atoms with Gasteiger partial charge >= 0.3 is 5.97 Å². The van der Waals surface area contributed by atoms with Crippen molar-refractivity contribution in [2.75, 3.05) is 7.11 Å². The van der Waals surface area contributed by atoms with Crippen LogP contribution in [0.5, 0.6) is 5.75 Å². The van der Waals surface area contributed by atoms with E-state index in [-0.39, 0.29) is 5.75 Å². The molecule has 0 unspecified atom stereocenters. The molecule has 2 aromatic rings. The molecule has 6 nitrogen and oxygen atoms in total. The van der Waals surface area contributed by atoms with Crippen LogP contribution in [-0.2, 0) is 0 Å². The first-order valence-electron chi connectivity index (χ1n) is 5.08. The number of carbonyl (C=O) groups is 1. The molecule has 92 valence electrons. The molecule has 0 amide bonds. The maximum atomic E-state index is 12.1. The fourth-order valence-electron chi connectivity index (χ4n) is 1.59. The van der Waals surface area contributed by atoms with Gasteiger partial charge in [0.2, 0.25) is 0 Å². The summed E-state index contributed by atoms with van der Waals surface area (Å²) in [4.78, 5) is 27.0. The summed E-state index contributed by atoms with van der Waals surface area (Å²) in [6.07, 6.45) is 4.50. The number of methoxy groups -OCH3 is 1. The van der Waals surface area contributed by atoms with E-state index in [1.807, 2.05) is 0 Å². The van der Waals surface area contributed by atoms with Gasteiger partial charge in [-0.1, -0.05) is 0 Å². The second-order valence-electron chi connectivity index (χ2n) is 3.44. The van der Waals surface area contributed by atoms with Crippen molar-refractivity contribution in [2.24, 2.45) is 0 Å². The number of nitrogens with zero attached hydrogens (tertiary/aromatic N) is 2. The Morgan fingerprint density at radius 1 is 1.33 bits per heavy atom. The van der Waals surface area contributed by atoms with E-state index in [9.17, 15) is 9.59 Å². The Balaban J connectivity index is 2.70. The van der Waals surface area contributed by atoms with Crippen LogP contribution in [0.2, 0.25) is 0 Å². The minimum absolute atomic E-state index is 0.0396. The lowest BCUT2D eigenvalue weighted by atomic mass is 10.2. The van der Waals surface area contributed by atoms with Gasteiger partial charge in [-0.15, -0.1) is 0 Å². The van der Waals surface area contributed by atoms with Gasteiger partial charge in [0.1, 0.15) is 5.75 Å². The van der Waals surface area contributed by atoms with E-state index in [1.54, 1.807) is 12.1 Å². The molecule has 2 heterocycles. The van der Waals surface area contributed by atoms with Crippen molar-refractivity contribution in [2.45, 2.75) is 0 Å². The summed E-state index contributed by atoms with van der Waals surface area (Å²) < 4.78 is 6.10. The third-order valence-corrected chi connectivity index (χ3v) is 2.43. The molecule has 6 heteroatoms. The molecule has 18 heavy (non-hydrogen) atoms. The third kappa shape index (κ3) is 1.95. The molecule has 0 aromatic carbocycles. The SMILES string of the molecule is COc1ccn(-c2ccncc2)c(=O)c1C(=O)O. The molecule has 0 bridgehead atoms. The first-order valence-corrected chi connectivity index (χ1v) is 5.08. The summed E-state index contributed by atoms with van der Waals surface area (Å²) >= 11 is 0. The van der Waals surface area contributed by atoms with Crippen LogP contribution in [0.4, 0.5) is 0 Å². The van der Waals surface area contributed by atoms with Crippen LogP contribution in [-0.4, -0.2) is 27.7 Å². The van der Waals surface area contributed by atoms with Gasteiger partial charge in [-0.3, -0.25) is 14.3 Å². The molecule has 0 aliphatic rings. The maximum absolute atomic E-state index is 12.1. The first kappa shape index (κ1) is 11.8. The number of rotatable bonds is 3. The second-order valence-corrected chi connectivity index (χ2v) is 3.44. The Hall–Kier alpha value is -2.63. The number of carboxylic acids is 1. The van der Waals surface area contributed by atoms with Gasteiger partial charge in [0.15, 0.2) is 5.56 Å². The van der Waals surface area contributed by atoms with E-state index in [1.165, 1.54) is 36.3 Å². The topological polar surface area (TPSA) is 81.4 Å². The van der Waals surface area contributed by atoms with E-state index in [0.717, 1.165) is 0 Å². The lowest BCUT2D eigenvalue weighted by molar-refractivity contribution is 0.0691. The van der Waals surface area contributed by atoms with Gasteiger partial charge in [0, 0.05) is 18.6 Å². The monoisotopic (exact) mass is 246 g/mol. The molecule has 0 aliphatic carbocycles. The van der Waals surface area contributed by atoms with Crippen LogP contribution < -0.4 is 10.3 Å². The first-order chi connectivity index (χ1) is 8.65. The molecular weight excluding hydrogens is 236 g/mol. The predicted octanol–water partition coefficient (Wildman–Crippen LogP) is 0.939. The molecular formula is C12H10N2O4. The van der Waals surface area contributed by atoms with Crippen LogP contribution in [0.15, 0.2) is 41.6 Å². The standard InChI is InChI=1S/C12H10N2O4/c1-18-9-4-7-14(8-2-5-13-6-3-8)11(15)10(9)12(16)17/h2-7H,1H3,(H,16,17). The van der Waals surface area contributed by atoms with Crippen LogP contribution in [0, 0.1) is 0 Å². The van der Waals surface area contributed by atoms with Gasteiger partial charge < -0.3 is 9.84 Å². The lowest BCUT2D eigenvalue weighted by Gasteiger charge is -2.09. The Labute approximate surface area is 102 Å². The number of hydrogen-bond acceptors (Lipinski definition) is 4. The van der Waals surface area contributed by atoms with Crippen molar-refractivity contribution in [1.82, 2.24) is 9.55 Å². The third-order valence-electron chi connectivity index (χ3n) is 2.43. The zero-order chi connectivity index (χ0) is 13.1. The van der Waals surface area contributed by atoms with E-state index in [0.29, 0.717) is 5.69 Å². The van der Waals surface area contributed by atoms with Gasteiger partial charge in [0.25, 0.3) is 5.56 Å². The molecule has 0 saturated heterocycles. The van der Waals surface area contributed by atoms with Gasteiger partial charge in [-0.25, -0.2) is 4.79 Å². The molecule has 2 aromatic heterocycles.